The van der Waals surface area contributed by atoms with Crippen molar-refractivity contribution in [2.75, 3.05) is 11.1 Å². The minimum atomic E-state index is -1.20. The van der Waals surface area contributed by atoms with E-state index in [1.165, 1.54) is 6.20 Å². The van der Waals surface area contributed by atoms with Gasteiger partial charge >= 0.3 is 5.97 Å². The van der Waals surface area contributed by atoms with Gasteiger partial charge in [-0.1, -0.05) is 0 Å². The van der Waals surface area contributed by atoms with Crippen molar-refractivity contribution in [1.82, 2.24) is 9.78 Å². The zero-order valence-corrected chi connectivity index (χ0v) is 10.2. The smallest absolute Gasteiger partial charge is 0.337 e. The van der Waals surface area contributed by atoms with Crippen molar-refractivity contribution >= 4 is 23.0 Å². The quantitative estimate of drug-likeness (QED) is 0.735. The molecule has 0 spiro atoms. The average Bonchev–Trinajstić information content (AvgIpc) is 2.80. The lowest BCUT2D eigenvalue weighted by Gasteiger charge is -2.08. The minimum absolute atomic E-state index is 0.0438. The zero-order valence-electron chi connectivity index (χ0n) is 10.2. The molecule has 0 aliphatic carbocycles. The Bertz CT molecular complexity index is 624. The van der Waals surface area contributed by atoms with Crippen LogP contribution in [0.3, 0.4) is 0 Å². The first kappa shape index (κ1) is 12.9. The highest BCUT2D eigenvalue weighted by atomic mass is 19.1. The Hall–Kier alpha value is -2.57. The first-order valence-electron chi connectivity index (χ1n) is 5.63. The predicted octanol–water partition coefficient (Wildman–Crippen LogP) is 2.07. The van der Waals surface area contributed by atoms with E-state index in [1.807, 2.05) is 6.92 Å². The van der Waals surface area contributed by atoms with Gasteiger partial charge in [0.15, 0.2) is 0 Å². The largest absolute Gasteiger partial charge is 0.478 e. The van der Waals surface area contributed by atoms with E-state index in [-0.39, 0.29) is 16.9 Å². The monoisotopic (exact) mass is 264 g/mol. The molecule has 1 aromatic carbocycles. The summed E-state index contributed by atoms with van der Waals surface area (Å²) >= 11 is 0. The van der Waals surface area contributed by atoms with Gasteiger partial charge in [-0.2, -0.15) is 5.10 Å². The lowest BCUT2D eigenvalue weighted by Crippen LogP contribution is -2.05. The number of hydrogen-bond acceptors (Lipinski definition) is 4. The number of anilines is 3. The van der Waals surface area contributed by atoms with Crippen LogP contribution in [0.1, 0.15) is 17.3 Å². The summed E-state index contributed by atoms with van der Waals surface area (Å²) in [5.74, 6) is -1.82. The van der Waals surface area contributed by atoms with Crippen LogP contribution in [0.5, 0.6) is 0 Å². The third-order valence-electron chi connectivity index (χ3n) is 2.61. The van der Waals surface area contributed by atoms with E-state index in [9.17, 15) is 9.18 Å². The first-order valence-corrected chi connectivity index (χ1v) is 5.63. The molecule has 1 aromatic heterocycles. The van der Waals surface area contributed by atoms with Gasteiger partial charge in [0.1, 0.15) is 5.82 Å². The maximum atomic E-state index is 13.7. The van der Waals surface area contributed by atoms with E-state index in [4.69, 9.17) is 10.8 Å². The van der Waals surface area contributed by atoms with Crippen molar-refractivity contribution in [3.05, 3.63) is 35.9 Å². The van der Waals surface area contributed by atoms with Crippen LogP contribution >= 0.6 is 0 Å². The molecule has 0 amide bonds. The van der Waals surface area contributed by atoms with Gasteiger partial charge in [0, 0.05) is 18.4 Å². The van der Waals surface area contributed by atoms with E-state index < -0.39 is 11.8 Å². The highest BCUT2D eigenvalue weighted by Crippen LogP contribution is 2.25. The first-order chi connectivity index (χ1) is 9.01. The number of hydrogen-bond donors (Lipinski definition) is 3. The summed E-state index contributed by atoms with van der Waals surface area (Å²) < 4.78 is 15.4. The standard InChI is InChI=1S/C12H13FN4O2/c1-2-17-6-7(5-15-17)16-11-3-8(12(18)19)10(14)4-9(11)13/h3-6,16H,2,14H2,1H3,(H,18,19). The molecule has 0 unspecified atom stereocenters. The summed E-state index contributed by atoms with van der Waals surface area (Å²) in [4.78, 5) is 10.9. The molecule has 1 heterocycles. The number of nitrogens with one attached hydrogen (secondary N) is 1. The molecular weight excluding hydrogens is 251 g/mol. The Kier molecular flexibility index (Phi) is 3.37. The molecule has 7 heteroatoms. The lowest BCUT2D eigenvalue weighted by atomic mass is 10.1. The van der Waals surface area contributed by atoms with Crippen LogP contribution < -0.4 is 11.1 Å². The van der Waals surface area contributed by atoms with E-state index in [0.717, 1.165) is 12.1 Å². The number of benzene rings is 1. The van der Waals surface area contributed by atoms with Crippen LogP contribution in [0.25, 0.3) is 0 Å². The lowest BCUT2D eigenvalue weighted by molar-refractivity contribution is 0.0698. The Morgan fingerprint density at radius 2 is 2.32 bits per heavy atom. The summed E-state index contributed by atoms with van der Waals surface area (Å²) in [6.45, 7) is 2.61. The summed E-state index contributed by atoms with van der Waals surface area (Å²) in [6.07, 6.45) is 3.22. The Labute approximate surface area is 108 Å². The molecule has 2 rings (SSSR count). The molecule has 6 nitrogen and oxygen atoms in total. The average molecular weight is 264 g/mol. The fourth-order valence-electron chi connectivity index (χ4n) is 1.63. The van der Waals surface area contributed by atoms with Crippen LogP contribution in [0.2, 0.25) is 0 Å². The van der Waals surface area contributed by atoms with Crippen molar-refractivity contribution < 1.29 is 14.3 Å². The SMILES string of the molecule is CCn1cc(Nc2cc(C(=O)O)c(N)cc2F)cn1. The second kappa shape index (κ2) is 4.97. The normalized spacial score (nSPS) is 10.4. The van der Waals surface area contributed by atoms with Crippen molar-refractivity contribution in [2.45, 2.75) is 13.5 Å². The number of rotatable bonds is 4. The van der Waals surface area contributed by atoms with Gasteiger partial charge in [-0.05, 0) is 19.1 Å². The van der Waals surface area contributed by atoms with Gasteiger partial charge in [-0.3, -0.25) is 4.68 Å². The molecule has 0 fully saturated rings. The van der Waals surface area contributed by atoms with Crippen LogP contribution in [0, 0.1) is 5.82 Å². The summed E-state index contributed by atoms with van der Waals surface area (Å²) in [5.41, 5.74) is 5.80. The molecule has 4 N–H and O–H groups in total. The number of aromatic nitrogens is 2. The molecule has 0 aliphatic rings. The number of nitrogen functional groups attached to an aromatic ring is 1. The topological polar surface area (TPSA) is 93.2 Å². The number of carboxylic acids is 1. The number of carbonyl (C=O) groups is 1. The van der Waals surface area contributed by atoms with Gasteiger partial charge in [0.05, 0.1) is 23.1 Å². The third-order valence-corrected chi connectivity index (χ3v) is 2.61. The van der Waals surface area contributed by atoms with Gasteiger partial charge in [0.2, 0.25) is 0 Å². The molecule has 0 saturated heterocycles. The number of aryl methyl sites for hydroxylation is 1. The minimum Gasteiger partial charge on any atom is -0.478 e. The van der Waals surface area contributed by atoms with Crippen molar-refractivity contribution in [3.8, 4) is 0 Å². The summed E-state index contributed by atoms with van der Waals surface area (Å²) in [6, 6.07) is 2.15. The van der Waals surface area contributed by atoms with Gasteiger partial charge < -0.3 is 16.2 Å². The summed E-state index contributed by atoms with van der Waals surface area (Å²) in [7, 11) is 0. The molecule has 0 saturated carbocycles. The number of nitrogens with zero attached hydrogens (tertiary/aromatic N) is 2. The van der Waals surface area contributed by atoms with Crippen LogP contribution in [-0.4, -0.2) is 20.9 Å². The Morgan fingerprint density at radius 3 is 2.89 bits per heavy atom. The molecule has 2 aromatic rings. The van der Waals surface area contributed by atoms with E-state index in [0.29, 0.717) is 12.2 Å². The molecule has 100 valence electrons. The maximum absolute atomic E-state index is 13.7. The molecule has 19 heavy (non-hydrogen) atoms. The van der Waals surface area contributed by atoms with E-state index in [2.05, 4.69) is 10.4 Å². The Morgan fingerprint density at radius 1 is 1.58 bits per heavy atom. The zero-order chi connectivity index (χ0) is 14.0. The third kappa shape index (κ3) is 2.65. The van der Waals surface area contributed by atoms with Crippen molar-refractivity contribution in [3.63, 3.8) is 0 Å². The van der Waals surface area contributed by atoms with E-state index >= 15 is 0 Å². The van der Waals surface area contributed by atoms with Crippen molar-refractivity contribution in [2.24, 2.45) is 0 Å². The predicted molar refractivity (Wildman–Crippen MR) is 69.0 cm³/mol. The molecule has 0 radical (unpaired) electrons. The molecule has 0 aliphatic heterocycles. The second-order valence-electron chi connectivity index (χ2n) is 3.93. The Balaban J connectivity index is 2.34. The van der Waals surface area contributed by atoms with Gasteiger partial charge in [0.25, 0.3) is 0 Å². The highest BCUT2D eigenvalue weighted by Gasteiger charge is 2.13. The van der Waals surface area contributed by atoms with Crippen LogP contribution in [-0.2, 0) is 6.54 Å². The number of halogens is 1. The maximum Gasteiger partial charge on any atom is 0.337 e. The fraction of sp³-hybridized carbons (Fsp3) is 0.167. The van der Waals surface area contributed by atoms with Crippen molar-refractivity contribution in [1.29, 1.82) is 0 Å². The van der Waals surface area contributed by atoms with Gasteiger partial charge in [-0.25, -0.2) is 9.18 Å². The molecular formula is C12H13FN4O2. The summed E-state index contributed by atoms with van der Waals surface area (Å²) in [5, 5.41) is 15.7. The second-order valence-corrected chi connectivity index (χ2v) is 3.93. The highest BCUT2D eigenvalue weighted by molar-refractivity contribution is 5.95. The molecule has 0 atom stereocenters. The van der Waals surface area contributed by atoms with Crippen LogP contribution in [0.15, 0.2) is 24.5 Å². The van der Waals surface area contributed by atoms with Crippen LogP contribution in [0.4, 0.5) is 21.5 Å². The number of nitrogens with two attached hydrogens (primary N) is 1. The van der Waals surface area contributed by atoms with E-state index in [1.54, 1.807) is 10.9 Å². The number of aromatic carboxylic acids is 1. The molecule has 0 bridgehead atoms. The number of carboxylic acid groups (broad SMARTS) is 1. The van der Waals surface area contributed by atoms with Gasteiger partial charge in [-0.15, -0.1) is 0 Å². The fourth-order valence-corrected chi connectivity index (χ4v) is 1.63.